The first-order valence-corrected chi connectivity index (χ1v) is 7.18. The van der Waals surface area contributed by atoms with Crippen LogP contribution < -0.4 is 3.79 Å². The largest absolute Gasteiger partial charge is 0.648 e. The lowest BCUT2D eigenvalue weighted by molar-refractivity contribution is -0.134. The van der Waals surface area contributed by atoms with Gasteiger partial charge in [-0.3, -0.25) is 4.79 Å². The molecule has 0 bridgehead atoms. The van der Waals surface area contributed by atoms with Gasteiger partial charge < -0.3 is 14.4 Å². The standard InChI is InChI=1S/C6H6O.C5H11.C2H4O2.Al.H2O/c7-6-4-2-1-3-5-6;1-3-5-4-2;1-2(3)4;;/h1-5,7H;1,3-5H2,2H3;1H3,(H,3,4);;1H2/q;;;+1;/p-1. The number of aliphatic carboxylic acids is 1. The van der Waals surface area contributed by atoms with Crippen molar-refractivity contribution in [2.75, 3.05) is 0 Å². The van der Waals surface area contributed by atoms with Crippen LogP contribution in [-0.4, -0.2) is 32.1 Å². The van der Waals surface area contributed by atoms with E-state index in [1.807, 2.05) is 30.3 Å². The molecular formula is C13H22AlO4. The number of hydrogen-bond acceptors (Lipinski definition) is 2. The van der Waals surface area contributed by atoms with Gasteiger partial charge in [-0.25, -0.2) is 0 Å². The molecule has 4 nitrogen and oxygen atoms in total. The van der Waals surface area contributed by atoms with Gasteiger partial charge in [0.05, 0.1) is 5.75 Å². The Kier molecular flexibility index (Phi) is 15.1. The van der Waals surface area contributed by atoms with E-state index >= 15 is 0 Å². The molecule has 5 heteroatoms. The summed E-state index contributed by atoms with van der Waals surface area (Å²) in [6.45, 7) is 3.31. The smallest absolute Gasteiger partial charge is 0.523 e. The Hall–Kier alpha value is -1.02. The molecule has 0 aliphatic heterocycles. The number of hydrogen-bond donors (Lipinski definition) is 1. The highest BCUT2D eigenvalue weighted by molar-refractivity contribution is 6.28. The van der Waals surface area contributed by atoms with Crippen LogP contribution in [0, 0.1) is 0 Å². The topological polar surface area (TPSA) is 78.0 Å². The average molecular weight is 269 g/mol. The predicted octanol–water partition coefficient (Wildman–Crippen LogP) is 2.56. The SMILES string of the molecule is CC(=O)O.CCCC[CH2][Al][O]c1ccccc1.O. The monoisotopic (exact) mass is 269 g/mol. The van der Waals surface area contributed by atoms with E-state index in [0.717, 1.165) is 12.7 Å². The maximum atomic E-state index is 9.00. The zero-order valence-electron chi connectivity index (χ0n) is 11.1. The summed E-state index contributed by atoms with van der Waals surface area (Å²) in [4.78, 5) is 9.00. The van der Waals surface area contributed by atoms with Crippen LogP contribution in [0.1, 0.15) is 33.1 Å². The molecule has 0 saturated carbocycles. The minimum Gasteiger partial charge on any atom is -0.648 e. The zero-order valence-corrected chi connectivity index (χ0v) is 12.2. The summed E-state index contributed by atoms with van der Waals surface area (Å²) in [6.07, 6.45) is 3.95. The number of benzene rings is 1. The van der Waals surface area contributed by atoms with Crippen LogP contribution in [0.15, 0.2) is 30.3 Å². The Bertz CT molecular complexity index is 286. The molecular weight excluding hydrogens is 247 g/mol. The molecule has 0 amide bonds. The predicted molar refractivity (Wildman–Crippen MR) is 74.1 cm³/mol. The van der Waals surface area contributed by atoms with Gasteiger partial charge in [0.25, 0.3) is 5.97 Å². The van der Waals surface area contributed by atoms with Gasteiger partial charge in [-0.2, -0.15) is 0 Å². The first kappa shape index (κ1) is 19.3. The van der Waals surface area contributed by atoms with Crippen LogP contribution in [-0.2, 0) is 4.79 Å². The average Bonchev–Trinajstić information content (AvgIpc) is 2.29. The highest BCUT2D eigenvalue weighted by atomic mass is 27.1. The lowest BCUT2D eigenvalue weighted by Crippen LogP contribution is -2.00. The normalized spacial score (nSPS) is 8.33. The first-order valence-electron chi connectivity index (χ1n) is 5.89. The van der Waals surface area contributed by atoms with Crippen LogP contribution in [0.3, 0.4) is 0 Å². The Morgan fingerprint density at radius 1 is 1.28 bits per heavy atom. The van der Waals surface area contributed by atoms with Gasteiger partial charge >= 0.3 is 15.6 Å². The Morgan fingerprint density at radius 3 is 2.33 bits per heavy atom. The number of carboxylic acid groups (broad SMARTS) is 1. The summed E-state index contributed by atoms with van der Waals surface area (Å²) in [5, 5.41) is 8.67. The third kappa shape index (κ3) is 15.0. The van der Waals surface area contributed by atoms with E-state index in [2.05, 4.69) is 6.92 Å². The van der Waals surface area contributed by atoms with Crippen molar-refractivity contribution in [3.05, 3.63) is 30.3 Å². The van der Waals surface area contributed by atoms with Gasteiger partial charge in [0.2, 0.25) is 0 Å². The third-order valence-corrected chi connectivity index (χ3v) is 2.97. The quantitative estimate of drug-likeness (QED) is 0.636. The second kappa shape index (κ2) is 14.0. The zero-order chi connectivity index (χ0) is 12.9. The molecule has 1 rings (SSSR count). The molecule has 3 N–H and O–H groups in total. The van der Waals surface area contributed by atoms with Crippen molar-refractivity contribution in [3.8, 4) is 5.75 Å². The third-order valence-electron chi connectivity index (χ3n) is 1.89. The van der Waals surface area contributed by atoms with Crippen LogP contribution in [0.25, 0.3) is 0 Å². The number of rotatable bonds is 6. The Morgan fingerprint density at radius 2 is 1.83 bits per heavy atom. The van der Waals surface area contributed by atoms with Crippen molar-refractivity contribution < 1.29 is 19.2 Å². The second-order valence-electron chi connectivity index (χ2n) is 3.61. The van der Waals surface area contributed by atoms with Crippen molar-refractivity contribution >= 4 is 21.5 Å². The number of carboxylic acids is 1. The van der Waals surface area contributed by atoms with Gasteiger partial charge in [-0.15, -0.1) is 0 Å². The summed E-state index contributed by atoms with van der Waals surface area (Å²) in [6, 6.07) is 10.1. The van der Waals surface area contributed by atoms with E-state index in [1.54, 1.807) is 0 Å². The molecule has 0 aliphatic carbocycles. The highest BCUT2D eigenvalue weighted by Gasteiger charge is 1.97. The van der Waals surface area contributed by atoms with Crippen molar-refractivity contribution in [3.63, 3.8) is 0 Å². The molecule has 0 saturated heterocycles. The number of unbranched alkanes of at least 4 members (excludes halogenated alkanes) is 2. The van der Waals surface area contributed by atoms with Crippen LogP contribution >= 0.6 is 0 Å². The molecule has 101 valence electrons. The fourth-order valence-corrected chi connectivity index (χ4v) is 2.05. The van der Waals surface area contributed by atoms with E-state index in [9.17, 15) is 0 Å². The van der Waals surface area contributed by atoms with Crippen molar-refractivity contribution in [2.45, 2.75) is 38.4 Å². The van der Waals surface area contributed by atoms with E-state index in [-0.39, 0.29) is 21.0 Å². The van der Waals surface area contributed by atoms with Crippen molar-refractivity contribution in [1.82, 2.24) is 0 Å². The van der Waals surface area contributed by atoms with Crippen LogP contribution in [0.5, 0.6) is 5.75 Å². The Balaban J connectivity index is 0. The van der Waals surface area contributed by atoms with E-state index in [0.29, 0.717) is 0 Å². The number of carbonyl (C=O) groups is 1. The van der Waals surface area contributed by atoms with E-state index in [1.165, 1.54) is 24.5 Å². The van der Waals surface area contributed by atoms with Crippen LogP contribution in [0.2, 0.25) is 5.28 Å². The first-order chi connectivity index (χ1) is 8.16. The summed E-state index contributed by atoms with van der Waals surface area (Å²) in [7, 11) is 0. The molecule has 1 aromatic rings. The lowest BCUT2D eigenvalue weighted by atomic mass is 10.3. The fourth-order valence-electron chi connectivity index (χ4n) is 1.13. The summed E-state index contributed by atoms with van der Waals surface area (Å²) < 4.78 is 5.64. The minimum atomic E-state index is -0.833. The molecule has 0 aromatic heterocycles. The minimum absolute atomic E-state index is 0. The van der Waals surface area contributed by atoms with Gasteiger partial charge in [-0.05, 0) is 12.1 Å². The fraction of sp³-hybridized carbons (Fsp3) is 0.462. The van der Waals surface area contributed by atoms with Crippen molar-refractivity contribution in [1.29, 1.82) is 0 Å². The second-order valence-corrected chi connectivity index (χ2v) is 4.76. The molecule has 0 spiro atoms. The van der Waals surface area contributed by atoms with Gasteiger partial charge in [0, 0.05) is 6.92 Å². The van der Waals surface area contributed by atoms with Crippen LogP contribution in [0.4, 0.5) is 0 Å². The molecule has 0 unspecified atom stereocenters. The Labute approximate surface area is 115 Å². The molecule has 18 heavy (non-hydrogen) atoms. The molecule has 0 aliphatic rings. The molecule has 1 radical (unpaired) electrons. The maximum absolute atomic E-state index is 9.00. The summed E-state index contributed by atoms with van der Waals surface area (Å²) in [5.74, 6) is 0.189. The van der Waals surface area contributed by atoms with Gasteiger partial charge in [0.1, 0.15) is 0 Å². The van der Waals surface area contributed by atoms with Gasteiger partial charge in [-0.1, -0.05) is 49.7 Å². The maximum Gasteiger partial charge on any atom is 0.523 e. The number of para-hydroxylation sites is 1. The molecule has 0 fully saturated rings. The van der Waals surface area contributed by atoms with Gasteiger partial charge in [0.15, 0.2) is 0 Å². The summed E-state index contributed by atoms with van der Waals surface area (Å²) in [5.41, 5.74) is 0. The molecule has 1 aromatic carbocycles. The highest BCUT2D eigenvalue weighted by Crippen LogP contribution is 2.08. The van der Waals surface area contributed by atoms with Crippen molar-refractivity contribution in [2.24, 2.45) is 0 Å². The lowest BCUT2D eigenvalue weighted by Gasteiger charge is -2.04. The summed E-state index contributed by atoms with van der Waals surface area (Å²) >= 11 is 0.156. The van der Waals surface area contributed by atoms with E-state index < -0.39 is 5.97 Å². The van der Waals surface area contributed by atoms with E-state index in [4.69, 9.17) is 13.7 Å². The molecule has 0 heterocycles. The molecule has 0 atom stereocenters.